The molecule has 0 saturated carbocycles. The molecule has 0 N–H and O–H groups in total. The first kappa shape index (κ1) is 22.1. The fourth-order valence-electron chi connectivity index (χ4n) is 2.16. The third kappa shape index (κ3) is 8.11. The van der Waals surface area contributed by atoms with Crippen LogP contribution in [0.15, 0.2) is 58.8 Å². The van der Waals surface area contributed by atoms with Gasteiger partial charge in [-0.2, -0.15) is 15.5 Å². The zero-order valence-corrected chi connectivity index (χ0v) is 16.7. The first-order valence-electron chi connectivity index (χ1n) is 9.51. The highest BCUT2D eigenvalue weighted by atomic mass is 16.6. The summed E-state index contributed by atoms with van der Waals surface area (Å²) in [6.07, 6.45) is 0.767. The summed E-state index contributed by atoms with van der Waals surface area (Å²) in [5, 5.41) is 17.1. The van der Waals surface area contributed by atoms with Gasteiger partial charge in [0.25, 0.3) is 0 Å². The smallest absolute Gasteiger partial charge is 0.308 e. The maximum Gasteiger partial charge on any atom is 0.308 e. The van der Waals surface area contributed by atoms with Gasteiger partial charge in [0.05, 0.1) is 42.1 Å². The van der Waals surface area contributed by atoms with Crippen molar-refractivity contribution in [3.8, 4) is 11.8 Å². The predicted octanol–water partition coefficient (Wildman–Crippen LogP) is 4.96. The van der Waals surface area contributed by atoms with Gasteiger partial charge in [0.15, 0.2) is 0 Å². The quantitative estimate of drug-likeness (QED) is 0.305. The lowest BCUT2D eigenvalue weighted by molar-refractivity contribution is -0.149. The van der Waals surface area contributed by atoms with Crippen molar-refractivity contribution in [2.45, 2.75) is 20.3 Å². The maximum atomic E-state index is 11.5. The van der Waals surface area contributed by atoms with E-state index in [2.05, 4.69) is 16.3 Å². The summed E-state index contributed by atoms with van der Waals surface area (Å²) in [5.41, 5.74) is 1.96. The summed E-state index contributed by atoms with van der Waals surface area (Å²) in [5.74, 6) is 0.433. The highest BCUT2D eigenvalue weighted by Crippen LogP contribution is 2.21. The van der Waals surface area contributed by atoms with Gasteiger partial charge < -0.3 is 14.2 Å². The average Bonchev–Trinajstić information content (AvgIpc) is 2.77. The van der Waals surface area contributed by atoms with Crippen LogP contribution >= 0.6 is 0 Å². The van der Waals surface area contributed by atoms with Gasteiger partial charge in [-0.15, -0.1) is 0 Å². The molecule has 0 bridgehead atoms. The minimum absolute atomic E-state index is 0.0787. The zero-order chi connectivity index (χ0) is 20.9. The molecule has 2 aromatic carbocycles. The third-order valence-electron chi connectivity index (χ3n) is 4.10. The highest BCUT2D eigenvalue weighted by molar-refractivity contribution is 5.71. The molecule has 1 unspecified atom stereocenters. The molecule has 0 fully saturated rings. The lowest BCUT2D eigenvalue weighted by atomic mass is 10.1. The van der Waals surface area contributed by atoms with Crippen molar-refractivity contribution in [3.05, 3.63) is 54.1 Å². The second kappa shape index (κ2) is 12.3. The Kier molecular flexibility index (Phi) is 9.33. The molecule has 0 heterocycles. The molecule has 7 heteroatoms. The van der Waals surface area contributed by atoms with Gasteiger partial charge in [-0.05, 0) is 55.0 Å². The molecule has 152 valence electrons. The molecule has 0 radical (unpaired) electrons. The van der Waals surface area contributed by atoms with E-state index in [0.29, 0.717) is 42.5 Å². The largest absolute Gasteiger partial charge is 0.491 e. The number of azo groups is 1. The van der Waals surface area contributed by atoms with Crippen LogP contribution in [0.25, 0.3) is 0 Å². The molecular formula is C22H25N3O4. The van der Waals surface area contributed by atoms with Gasteiger partial charge in [-0.3, -0.25) is 4.79 Å². The van der Waals surface area contributed by atoms with Gasteiger partial charge >= 0.3 is 5.97 Å². The lowest BCUT2D eigenvalue weighted by Gasteiger charge is -2.10. The second-order valence-electron chi connectivity index (χ2n) is 6.29. The number of ether oxygens (including phenoxy) is 3. The van der Waals surface area contributed by atoms with E-state index in [1.165, 1.54) is 0 Å². The minimum atomic E-state index is -0.191. The Labute approximate surface area is 170 Å². The van der Waals surface area contributed by atoms with Crippen LogP contribution in [-0.2, 0) is 14.3 Å². The number of hydrogen-bond acceptors (Lipinski definition) is 7. The van der Waals surface area contributed by atoms with Crippen molar-refractivity contribution in [2.24, 2.45) is 16.1 Å². The van der Waals surface area contributed by atoms with Crippen LogP contribution in [0, 0.1) is 17.2 Å². The van der Waals surface area contributed by atoms with E-state index in [1.54, 1.807) is 48.5 Å². The van der Waals surface area contributed by atoms with Crippen LogP contribution < -0.4 is 4.74 Å². The van der Waals surface area contributed by atoms with E-state index in [9.17, 15) is 4.79 Å². The number of nitrogens with zero attached hydrogens (tertiary/aromatic N) is 3. The van der Waals surface area contributed by atoms with Gasteiger partial charge in [0.1, 0.15) is 19.0 Å². The molecule has 0 aliphatic rings. The van der Waals surface area contributed by atoms with Crippen LogP contribution in [0.4, 0.5) is 11.4 Å². The number of nitriles is 1. The van der Waals surface area contributed by atoms with E-state index < -0.39 is 0 Å². The number of carbonyl (C=O) groups excluding carboxylic acids is 1. The van der Waals surface area contributed by atoms with Crippen molar-refractivity contribution in [2.75, 3.05) is 26.4 Å². The first-order valence-corrected chi connectivity index (χ1v) is 9.51. The number of benzene rings is 2. The Morgan fingerprint density at radius 1 is 0.966 bits per heavy atom. The highest BCUT2D eigenvalue weighted by Gasteiger charge is 2.11. The van der Waals surface area contributed by atoms with Gasteiger partial charge in [0, 0.05) is 0 Å². The molecule has 0 amide bonds. The molecule has 0 spiro atoms. The average molecular weight is 395 g/mol. The fraction of sp³-hybridized carbons (Fsp3) is 0.364. The molecular weight excluding hydrogens is 370 g/mol. The Bertz CT molecular complexity index is 827. The molecule has 2 rings (SSSR count). The SMILES string of the molecule is CCC(C)C(=O)OCCOCCOc1ccc(N=Nc2ccc(C#N)cc2)cc1. The molecule has 0 aliphatic carbocycles. The fourth-order valence-corrected chi connectivity index (χ4v) is 2.16. The molecule has 2 aromatic rings. The minimum Gasteiger partial charge on any atom is -0.491 e. The van der Waals surface area contributed by atoms with E-state index in [4.69, 9.17) is 19.5 Å². The number of carbonyl (C=O) groups is 1. The lowest BCUT2D eigenvalue weighted by Crippen LogP contribution is -2.18. The van der Waals surface area contributed by atoms with Crippen molar-refractivity contribution in [3.63, 3.8) is 0 Å². The summed E-state index contributed by atoms with van der Waals surface area (Å²) in [4.78, 5) is 11.5. The van der Waals surface area contributed by atoms with Crippen molar-refractivity contribution in [1.29, 1.82) is 5.26 Å². The van der Waals surface area contributed by atoms with E-state index in [1.807, 2.05) is 13.8 Å². The summed E-state index contributed by atoms with van der Waals surface area (Å²) >= 11 is 0. The molecule has 1 atom stereocenters. The van der Waals surface area contributed by atoms with Crippen LogP contribution in [0.3, 0.4) is 0 Å². The van der Waals surface area contributed by atoms with E-state index >= 15 is 0 Å². The second-order valence-corrected chi connectivity index (χ2v) is 6.29. The predicted molar refractivity (Wildman–Crippen MR) is 109 cm³/mol. The molecule has 0 aromatic heterocycles. The van der Waals surface area contributed by atoms with Gasteiger partial charge in [-0.1, -0.05) is 13.8 Å². The summed E-state index contributed by atoms with van der Waals surface area (Å²) in [6.45, 7) is 5.19. The Morgan fingerprint density at radius 3 is 2.14 bits per heavy atom. The van der Waals surface area contributed by atoms with Crippen LogP contribution in [0.5, 0.6) is 5.75 Å². The number of esters is 1. The topological polar surface area (TPSA) is 93.3 Å². The van der Waals surface area contributed by atoms with E-state index in [0.717, 1.165) is 6.42 Å². The monoisotopic (exact) mass is 395 g/mol. The number of rotatable bonds is 11. The van der Waals surface area contributed by atoms with Crippen LogP contribution in [0.1, 0.15) is 25.8 Å². The van der Waals surface area contributed by atoms with Crippen LogP contribution in [0.2, 0.25) is 0 Å². The first-order chi connectivity index (χ1) is 14.1. The summed E-state index contributed by atoms with van der Waals surface area (Å²) in [6, 6.07) is 16.2. The van der Waals surface area contributed by atoms with E-state index in [-0.39, 0.29) is 18.5 Å². The standard InChI is InChI=1S/C22H25N3O4/c1-3-17(2)22(26)29-15-13-27-12-14-28-21-10-8-20(9-11-21)25-24-19-6-4-18(16-23)5-7-19/h4-11,17H,3,12-15H2,1-2H3. The molecule has 7 nitrogen and oxygen atoms in total. The molecule has 29 heavy (non-hydrogen) atoms. The Balaban J connectivity index is 1.64. The zero-order valence-electron chi connectivity index (χ0n) is 16.7. The van der Waals surface area contributed by atoms with Crippen molar-refractivity contribution >= 4 is 17.3 Å². The van der Waals surface area contributed by atoms with Gasteiger partial charge in [0.2, 0.25) is 0 Å². The molecule has 0 saturated heterocycles. The summed E-state index contributed by atoms with van der Waals surface area (Å²) < 4.78 is 16.1. The van der Waals surface area contributed by atoms with Crippen molar-refractivity contribution in [1.82, 2.24) is 0 Å². The Morgan fingerprint density at radius 2 is 1.55 bits per heavy atom. The van der Waals surface area contributed by atoms with Crippen molar-refractivity contribution < 1.29 is 19.0 Å². The Hall–Kier alpha value is -3.24. The third-order valence-corrected chi connectivity index (χ3v) is 4.10. The summed E-state index contributed by atoms with van der Waals surface area (Å²) in [7, 11) is 0. The number of hydrogen-bond donors (Lipinski definition) is 0. The molecule has 0 aliphatic heterocycles. The normalized spacial score (nSPS) is 11.8. The van der Waals surface area contributed by atoms with Crippen LogP contribution in [-0.4, -0.2) is 32.4 Å². The maximum absolute atomic E-state index is 11.5. The van der Waals surface area contributed by atoms with Gasteiger partial charge in [-0.25, -0.2) is 0 Å².